The van der Waals surface area contributed by atoms with Crippen molar-refractivity contribution in [1.29, 1.82) is 0 Å². The fourth-order valence-corrected chi connectivity index (χ4v) is 3.59. The number of hydrogen-bond donors (Lipinski definition) is 2. The average Bonchev–Trinajstić information content (AvgIpc) is 2.65. The second-order valence-electron chi connectivity index (χ2n) is 6.52. The number of hydrogen-bond acceptors (Lipinski definition) is 5. The highest BCUT2D eigenvalue weighted by Crippen LogP contribution is 2.38. The monoisotopic (exact) mass is 350 g/mol. The van der Waals surface area contributed by atoms with Crippen molar-refractivity contribution in [3.63, 3.8) is 0 Å². The summed E-state index contributed by atoms with van der Waals surface area (Å²) >= 11 is 0. The Morgan fingerprint density at radius 1 is 1.12 bits per heavy atom. The molecule has 140 valence electrons. The quantitative estimate of drug-likeness (QED) is 0.751. The van der Waals surface area contributed by atoms with Crippen molar-refractivity contribution in [3.05, 3.63) is 17.7 Å². The van der Waals surface area contributed by atoms with Gasteiger partial charge < -0.3 is 25.3 Å². The van der Waals surface area contributed by atoms with Gasteiger partial charge in [-0.15, -0.1) is 0 Å². The number of amides is 1. The molecule has 1 aromatic carbocycles. The van der Waals surface area contributed by atoms with Crippen LogP contribution in [0.25, 0.3) is 0 Å². The van der Waals surface area contributed by atoms with Gasteiger partial charge in [-0.05, 0) is 36.5 Å². The van der Waals surface area contributed by atoms with E-state index >= 15 is 0 Å². The van der Waals surface area contributed by atoms with Crippen LogP contribution in [0, 0.1) is 5.92 Å². The standard InChI is InChI=1S/C19H30N2O4/c1-23-16-9-13(10-17(24-2)19(16)25-3)11-18(22)21-15(12-20)14-7-5-4-6-8-14/h9-10,14-15H,4-8,11-12,20H2,1-3H3,(H,21,22). The molecule has 1 unspecified atom stereocenters. The first-order valence-corrected chi connectivity index (χ1v) is 8.91. The van der Waals surface area contributed by atoms with Crippen LogP contribution in [0.1, 0.15) is 37.7 Å². The Morgan fingerprint density at radius 3 is 2.20 bits per heavy atom. The van der Waals surface area contributed by atoms with Crippen LogP contribution in [-0.4, -0.2) is 39.8 Å². The lowest BCUT2D eigenvalue weighted by atomic mass is 9.84. The van der Waals surface area contributed by atoms with Crippen molar-refractivity contribution in [2.75, 3.05) is 27.9 Å². The maximum Gasteiger partial charge on any atom is 0.224 e. The molecule has 1 aliphatic carbocycles. The van der Waals surface area contributed by atoms with Crippen LogP contribution in [0.15, 0.2) is 12.1 Å². The van der Waals surface area contributed by atoms with Crippen molar-refractivity contribution >= 4 is 5.91 Å². The van der Waals surface area contributed by atoms with Crippen molar-refractivity contribution in [1.82, 2.24) is 5.32 Å². The lowest BCUT2D eigenvalue weighted by Gasteiger charge is -2.30. The Bertz CT molecular complexity index is 546. The fraction of sp³-hybridized carbons (Fsp3) is 0.632. The zero-order valence-corrected chi connectivity index (χ0v) is 15.5. The number of carbonyl (C=O) groups excluding carboxylic acids is 1. The van der Waals surface area contributed by atoms with E-state index in [4.69, 9.17) is 19.9 Å². The van der Waals surface area contributed by atoms with Gasteiger partial charge in [0.05, 0.1) is 27.8 Å². The second-order valence-corrected chi connectivity index (χ2v) is 6.52. The smallest absolute Gasteiger partial charge is 0.224 e. The molecule has 1 aromatic rings. The minimum atomic E-state index is -0.0321. The molecule has 3 N–H and O–H groups in total. The first-order chi connectivity index (χ1) is 12.1. The van der Waals surface area contributed by atoms with E-state index in [1.165, 1.54) is 19.3 Å². The number of benzene rings is 1. The summed E-state index contributed by atoms with van der Waals surface area (Å²) in [7, 11) is 4.69. The molecule has 6 nitrogen and oxygen atoms in total. The van der Waals surface area contributed by atoms with Crippen molar-refractivity contribution in [2.24, 2.45) is 11.7 Å². The minimum Gasteiger partial charge on any atom is -0.493 e. The van der Waals surface area contributed by atoms with Gasteiger partial charge in [0.25, 0.3) is 0 Å². The van der Waals surface area contributed by atoms with Gasteiger partial charge in [0, 0.05) is 12.6 Å². The Morgan fingerprint density at radius 2 is 1.72 bits per heavy atom. The minimum absolute atomic E-state index is 0.0321. The van der Waals surface area contributed by atoms with E-state index in [0.717, 1.165) is 18.4 Å². The summed E-state index contributed by atoms with van der Waals surface area (Å²) < 4.78 is 16.0. The molecule has 0 heterocycles. The van der Waals surface area contributed by atoms with E-state index < -0.39 is 0 Å². The second kappa shape index (κ2) is 9.51. The van der Waals surface area contributed by atoms with Gasteiger partial charge in [0.1, 0.15) is 0 Å². The largest absolute Gasteiger partial charge is 0.493 e. The molecule has 0 saturated heterocycles. The molecule has 1 aliphatic rings. The molecule has 1 saturated carbocycles. The number of ether oxygens (including phenoxy) is 3. The fourth-order valence-electron chi connectivity index (χ4n) is 3.59. The predicted octanol–water partition coefficient (Wildman–Crippen LogP) is 2.28. The Hall–Kier alpha value is -1.95. The topological polar surface area (TPSA) is 82.8 Å². The highest BCUT2D eigenvalue weighted by molar-refractivity contribution is 5.79. The highest BCUT2D eigenvalue weighted by atomic mass is 16.5. The third-order valence-electron chi connectivity index (χ3n) is 4.91. The molecular formula is C19H30N2O4. The molecule has 0 aromatic heterocycles. The Labute approximate surface area is 150 Å². The van der Waals surface area contributed by atoms with Crippen LogP contribution in [-0.2, 0) is 11.2 Å². The molecule has 0 aliphatic heterocycles. The number of rotatable bonds is 8. The third kappa shape index (κ3) is 5.01. The summed E-state index contributed by atoms with van der Waals surface area (Å²) in [6, 6.07) is 3.66. The lowest BCUT2D eigenvalue weighted by molar-refractivity contribution is -0.121. The first-order valence-electron chi connectivity index (χ1n) is 8.91. The van der Waals surface area contributed by atoms with Gasteiger partial charge in [-0.1, -0.05) is 19.3 Å². The van der Waals surface area contributed by atoms with E-state index in [1.54, 1.807) is 33.5 Å². The van der Waals surface area contributed by atoms with Crippen LogP contribution in [0.3, 0.4) is 0 Å². The van der Waals surface area contributed by atoms with E-state index in [-0.39, 0.29) is 18.4 Å². The highest BCUT2D eigenvalue weighted by Gasteiger charge is 2.24. The molecule has 25 heavy (non-hydrogen) atoms. The molecule has 0 bridgehead atoms. The van der Waals surface area contributed by atoms with E-state index in [1.807, 2.05) is 0 Å². The van der Waals surface area contributed by atoms with Gasteiger partial charge in [0.15, 0.2) is 11.5 Å². The van der Waals surface area contributed by atoms with E-state index in [0.29, 0.717) is 29.7 Å². The summed E-state index contributed by atoms with van der Waals surface area (Å²) in [6.07, 6.45) is 6.28. The van der Waals surface area contributed by atoms with Crippen LogP contribution in [0.2, 0.25) is 0 Å². The van der Waals surface area contributed by atoms with Crippen LogP contribution in [0.4, 0.5) is 0 Å². The maximum absolute atomic E-state index is 12.5. The number of methoxy groups -OCH3 is 3. The lowest BCUT2D eigenvalue weighted by Crippen LogP contribution is -2.46. The maximum atomic E-state index is 12.5. The molecule has 0 radical (unpaired) electrons. The molecule has 0 spiro atoms. The molecule has 1 fully saturated rings. The normalized spacial score (nSPS) is 16.2. The molecule has 1 atom stereocenters. The van der Waals surface area contributed by atoms with Crippen molar-refractivity contribution < 1.29 is 19.0 Å². The zero-order chi connectivity index (χ0) is 18.2. The van der Waals surface area contributed by atoms with Gasteiger partial charge in [-0.3, -0.25) is 4.79 Å². The van der Waals surface area contributed by atoms with Gasteiger partial charge in [-0.2, -0.15) is 0 Å². The van der Waals surface area contributed by atoms with Crippen LogP contribution in [0.5, 0.6) is 17.2 Å². The van der Waals surface area contributed by atoms with Gasteiger partial charge in [-0.25, -0.2) is 0 Å². The Balaban J connectivity index is 2.06. The zero-order valence-electron chi connectivity index (χ0n) is 15.5. The summed E-state index contributed by atoms with van der Waals surface area (Å²) in [5.41, 5.74) is 6.71. The van der Waals surface area contributed by atoms with Crippen molar-refractivity contribution in [2.45, 2.75) is 44.6 Å². The van der Waals surface area contributed by atoms with Crippen LogP contribution < -0.4 is 25.3 Å². The number of carbonyl (C=O) groups is 1. The van der Waals surface area contributed by atoms with E-state index in [2.05, 4.69) is 5.32 Å². The average molecular weight is 350 g/mol. The summed E-state index contributed by atoms with van der Waals surface area (Å²) in [5, 5.41) is 3.11. The third-order valence-corrected chi connectivity index (χ3v) is 4.91. The first kappa shape index (κ1) is 19.4. The predicted molar refractivity (Wildman–Crippen MR) is 97.4 cm³/mol. The number of nitrogens with one attached hydrogen (secondary N) is 1. The Kier molecular flexibility index (Phi) is 7.37. The van der Waals surface area contributed by atoms with E-state index in [9.17, 15) is 4.79 Å². The summed E-state index contributed by atoms with van der Waals surface area (Å²) in [4.78, 5) is 12.5. The van der Waals surface area contributed by atoms with Gasteiger partial charge in [0.2, 0.25) is 11.7 Å². The SMILES string of the molecule is COc1cc(CC(=O)NC(CN)C2CCCCC2)cc(OC)c1OC. The molecule has 2 rings (SSSR count). The van der Waals surface area contributed by atoms with Crippen LogP contribution >= 0.6 is 0 Å². The van der Waals surface area contributed by atoms with Crippen molar-refractivity contribution in [3.8, 4) is 17.2 Å². The molecular weight excluding hydrogens is 320 g/mol. The summed E-state index contributed by atoms with van der Waals surface area (Å²) in [6.45, 7) is 0.478. The number of nitrogens with two attached hydrogens (primary N) is 1. The molecule has 6 heteroatoms. The summed E-state index contributed by atoms with van der Waals surface area (Å²) in [5.74, 6) is 2.08. The molecule has 1 amide bonds. The van der Waals surface area contributed by atoms with Gasteiger partial charge >= 0.3 is 0 Å².